The van der Waals surface area contributed by atoms with Crippen molar-refractivity contribution in [1.82, 2.24) is 4.72 Å². The Morgan fingerprint density at radius 2 is 2.05 bits per heavy atom. The number of nitrogens with one attached hydrogen (secondary N) is 1. The summed E-state index contributed by atoms with van der Waals surface area (Å²) in [5, 5.41) is 0. The summed E-state index contributed by atoms with van der Waals surface area (Å²) in [5.41, 5.74) is 6.56. The van der Waals surface area contributed by atoms with Crippen molar-refractivity contribution in [2.45, 2.75) is 43.5 Å². The van der Waals surface area contributed by atoms with Gasteiger partial charge in [0.05, 0.1) is 4.90 Å². The van der Waals surface area contributed by atoms with Crippen LogP contribution >= 0.6 is 0 Å². The first-order valence-electron chi connectivity index (χ1n) is 6.88. The van der Waals surface area contributed by atoms with Crippen molar-refractivity contribution in [3.05, 3.63) is 29.8 Å². The maximum Gasteiger partial charge on any atom is 0.241 e. The fraction of sp³-hybridized carbons (Fsp3) is 0.571. The number of rotatable bonds is 5. The molecule has 0 aliphatic heterocycles. The van der Waals surface area contributed by atoms with Gasteiger partial charge in [-0.2, -0.15) is 0 Å². The van der Waals surface area contributed by atoms with E-state index in [9.17, 15) is 8.42 Å². The van der Waals surface area contributed by atoms with E-state index in [0.717, 1.165) is 24.8 Å². The molecule has 2 rings (SSSR count). The summed E-state index contributed by atoms with van der Waals surface area (Å²) in [6, 6.07) is 7.16. The summed E-state index contributed by atoms with van der Waals surface area (Å²) in [6.45, 7) is 2.51. The van der Waals surface area contributed by atoms with Crippen LogP contribution in [0.2, 0.25) is 0 Å². The molecule has 3 N–H and O–H groups in total. The highest BCUT2D eigenvalue weighted by molar-refractivity contribution is 7.89. The standard InChI is InChI=1S/C14H22N2O2S/c1-2-11-6-3-4-9-14(11)19(17,18)16-13-8-5-7-12(13)10-15/h3-4,6,9,12-13,16H,2,5,7-8,10,15H2,1H3. The van der Waals surface area contributed by atoms with Crippen LogP contribution in [0.1, 0.15) is 31.7 Å². The van der Waals surface area contributed by atoms with E-state index in [0.29, 0.717) is 17.9 Å². The summed E-state index contributed by atoms with van der Waals surface area (Å²) in [7, 11) is -3.44. The maximum atomic E-state index is 12.5. The maximum absolute atomic E-state index is 12.5. The Balaban J connectivity index is 2.23. The number of hydrogen-bond donors (Lipinski definition) is 2. The molecule has 0 heterocycles. The van der Waals surface area contributed by atoms with Crippen LogP contribution in [0.4, 0.5) is 0 Å². The molecular weight excluding hydrogens is 260 g/mol. The van der Waals surface area contributed by atoms with Crippen LogP contribution in [-0.4, -0.2) is 21.0 Å². The van der Waals surface area contributed by atoms with Gasteiger partial charge in [-0.25, -0.2) is 13.1 Å². The molecule has 1 saturated carbocycles. The first-order chi connectivity index (χ1) is 9.08. The number of nitrogens with two attached hydrogens (primary N) is 1. The van der Waals surface area contributed by atoms with E-state index in [1.807, 2.05) is 19.1 Å². The van der Waals surface area contributed by atoms with Gasteiger partial charge in [0, 0.05) is 6.04 Å². The Morgan fingerprint density at radius 3 is 2.74 bits per heavy atom. The molecule has 4 nitrogen and oxygen atoms in total. The van der Waals surface area contributed by atoms with Crippen molar-refractivity contribution in [1.29, 1.82) is 0 Å². The Hall–Kier alpha value is -0.910. The van der Waals surface area contributed by atoms with Gasteiger partial charge < -0.3 is 5.73 Å². The summed E-state index contributed by atoms with van der Waals surface area (Å²) in [6.07, 6.45) is 3.65. The van der Waals surface area contributed by atoms with Gasteiger partial charge in [-0.15, -0.1) is 0 Å². The van der Waals surface area contributed by atoms with Crippen LogP contribution in [-0.2, 0) is 16.4 Å². The van der Waals surface area contributed by atoms with Crippen LogP contribution in [0.3, 0.4) is 0 Å². The average Bonchev–Trinajstić information content (AvgIpc) is 2.85. The Morgan fingerprint density at radius 1 is 1.32 bits per heavy atom. The second-order valence-electron chi connectivity index (χ2n) is 5.12. The lowest BCUT2D eigenvalue weighted by Gasteiger charge is -2.20. The fourth-order valence-corrected chi connectivity index (χ4v) is 4.45. The van der Waals surface area contributed by atoms with E-state index in [-0.39, 0.29) is 12.0 Å². The summed E-state index contributed by atoms with van der Waals surface area (Å²) in [5.74, 6) is 0.267. The van der Waals surface area contributed by atoms with Gasteiger partial charge in [-0.05, 0) is 43.4 Å². The minimum absolute atomic E-state index is 0.0140. The van der Waals surface area contributed by atoms with Gasteiger partial charge in [0.25, 0.3) is 0 Å². The smallest absolute Gasteiger partial charge is 0.241 e. The molecule has 0 bridgehead atoms. The summed E-state index contributed by atoms with van der Waals surface area (Å²) in [4.78, 5) is 0.403. The lowest BCUT2D eigenvalue weighted by atomic mass is 10.1. The number of hydrogen-bond acceptors (Lipinski definition) is 3. The third kappa shape index (κ3) is 3.16. The minimum atomic E-state index is -3.44. The molecule has 106 valence electrons. The highest BCUT2D eigenvalue weighted by Gasteiger charge is 2.30. The molecule has 0 spiro atoms. The molecule has 2 unspecified atom stereocenters. The molecular formula is C14H22N2O2S. The fourth-order valence-electron chi connectivity index (χ4n) is 2.79. The quantitative estimate of drug-likeness (QED) is 0.862. The highest BCUT2D eigenvalue weighted by atomic mass is 32.2. The second-order valence-corrected chi connectivity index (χ2v) is 6.80. The van der Waals surface area contributed by atoms with Gasteiger partial charge in [0.1, 0.15) is 0 Å². The minimum Gasteiger partial charge on any atom is -0.330 e. The largest absolute Gasteiger partial charge is 0.330 e. The number of benzene rings is 1. The average molecular weight is 282 g/mol. The lowest BCUT2D eigenvalue weighted by Crippen LogP contribution is -2.40. The van der Waals surface area contributed by atoms with Gasteiger partial charge in [-0.3, -0.25) is 0 Å². The summed E-state index contributed by atoms with van der Waals surface area (Å²) < 4.78 is 27.8. The summed E-state index contributed by atoms with van der Waals surface area (Å²) >= 11 is 0. The van der Waals surface area contributed by atoms with Gasteiger partial charge in [0.15, 0.2) is 0 Å². The molecule has 2 atom stereocenters. The monoisotopic (exact) mass is 282 g/mol. The first kappa shape index (κ1) is 14.5. The normalized spacial score (nSPS) is 23.7. The zero-order chi connectivity index (χ0) is 13.9. The van der Waals surface area contributed by atoms with E-state index in [4.69, 9.17) is 5.73 Å². The zero-order valence-corrected chi connectivity index (χ0v) is 12.1. The molecule has 1 aromatic carbocycles. The molecule has 1 aromatic rings. The topological polar surface area (TPSA) is 72.2 Å². The Kier molecular flexibility index (Phi) is 4.60. The second kappa shape index (κ2) is 6.03. The third-order valence-corrected chi connectivity index (χ3v) is 5.50. The Bertz CT molecular complexity index is 528. The van der Waals surface area contributed by atoms with Crippen molar-refractivity contribution in [3.8, 4) is 0 Å². The first-order valence-corrected chi connectivity index (χ1v) is 8.37. The van der Waals surface area contributed by atoms with Crippen LogP contribution in [0.25, 0.3) is 0 Å². The van der Waals surface area contributed by atoms with Crippen LogP contribution in [0.5, 0.6) is 0 Å². The van der Waals surface area contributed by atoms with Crippen molar-refractivity contribution in [2.24, 2.45) is 11.7 Å². The van der Waals surface area contributed by atoms with Crippen LogP contribution < -0.4 is 10.5 Å². The molecule has 0 radical (unpaired) electrons. The SMILES string of the molecule is CCc1ccccc1S(=O)(=O)NC1CCCC1CN. The van der Waals surface area contributed by atoms with Crippen molar-refractivity contribution in [3.63, 3.8) is 0 Å². The predicted molar refractivity (Wildman–Crippen MR) is 76.3 cm³/mol. The molecule has 1 aliphatic carbocycles. The van der Waals surface area contributed by atoms with Crippen molar-refractivity contribution in [2.75, 3.05) is 6.54 Å². The number of sulfonamides is 1. The van der Waals surface area contributed by atoms with E-state index in [1.165, 1.54) is 0 Å². The van der Waals surface area contributed by atoms with Crippen LogP contribution in [0, 0.1) is 5.92 Å². The Labute approximate surface area is 115 Å². The van der Waals surface area contributed by atoms with E-state index in [2.05, 4.69) is 4.72 Å². The van der Waals surface area contributed by atoms with E-state index < -0.39 is 10.0 Å². The van der Waals surface area contributed by atoms with E-state index in [1.54, 1.807) is 12.1 Å². The molecule has 0 aromatic heterocycles. The highest BCUT2D eigenvalue weighted by Crippen LogP contribution is 2.26. The lowest BCUT2D eigenvalue weighted by molar-refractivity contribution is 0.452. The molecule has 1 fully saturated rings. The molecule has 0 amide bonds. The van der Waals surface area contributed by atoms with E-state index >= 15 is 0 Å². The molecule has 1 aliphatic rings. The zero-order valence-electron chi connectivity index (χ0n) is 11.3. The van der Waals surface area contributed by atoms with Gasteiger partial charge in [0.2, 0.25) is 10.0 Å². The van der Waals surface area contributed by atoms with Crippen LogP contribution in [0.15, 0.2) is 29.2 Å². The van der Waals surface area contributed by atoms with Gasteiger partial charge in [-0.1, -0.05) is 31.5 Å². The van der Waals surface area contributed by atoms with Crippen molar-refractivity contribution >= 4 is 10.0 Å². The predicted octanol–water partition coefficient (Wildman–Crippen LogP) is 1.65. The third-order valence-electron chi connectivity index (χ3n) is 3.91. The molecule has 0 saturated heterocycles. The molecule has 19 heavy (non-hydrogen) atoms. The van der Waals surface area contributed by atoms with Gasteiger partial charge >= 0.3 is 0 Å². The van der Waals surface area contributed by atoms with Crippen molar-refractivity contribution < 1.29 is 8.42 Å². The molecule has 5 heteroatoms. The number of aryl methyl sites for hydroxylation is 1.